The molecule has 0 aliphatic carbocycles. The highest BCUT2D eigenvalue weighted by Crippen LogP contribution is 2.23. The van der Waals surface area contributed by atoms with Crippen LogP contribution in [0, 0.1) is 0 Å². The van der Waals surface area contributed by atoms with Gasteiger partial charge in [-0.2, -0.15) is 5.01 Å². The summed E-state index contributed by atoms with van der Waals surface area (Å²) in [6.07, 6.45) is 1.70. The zero-order valence-electron chi connectivity index (χ0n) is 10.6. The number of ether oxygens (including phenoxy) is 1. The molecule has 1 heterocycles. The van der Waals surface area contributed by atoms with Crippen LogP contribution < -0.4 is 5.01 Å². The summed E-state index contributed by atoms with van der Waals surface area (Å²) in [6, 6.07) is 9.26. The van der Waals surface area contributed by atoms with Gasteiger partial charge in [-0.15, -0.1) is 5.10 Å². The van der Waals surface area contributed by atoms with Gasteiger partial charge in [0.15, 0.2) is 0 Å². The summed E-state index contributed by atoms with van der Waals surface area (Å²) in [5, 5.41) is 5.52. The van der Waals surface area contributed by atoms with E-state index in [0.717, 1.165) is 5.69 Å². The monoisotopic (exact) mass is 245 g/mol. The lowest BCUT2D eigenvalue weighted by atomic mass is 10.2. The quantitative estimate of drug-likeness (QED) is 0.741. The van der Waals surface area contributed by atoms with Gasteiger partial charge in [-0.3, -0.25) is 4.79 Å². The summed E-state index contributed by atoms with van der Waals surface area (Å²) >= 11 is 0. The average molecular weight is 245 g/mol. The summed E-state index contributed by atoms with van der Waals surface area (Å²) in [7, 11) is 5.20. The Morgan fingerprint density at radius 2 is 1.94 bits per heavy atom. The normalized spacial score (nSPS) is 17.1. The lowest BCUT2D eigenvalue weighted by Crippen LogP contribution is -2.22. The van der Waals surface area contributed by atoms with Crippen LogP contribution >= 0.6 is 0 Å². The first-order valence-corrected chi connectivity index (χ1v) is 5.54. The second kappa shape index (κ2) is 4.91. The molecule has 0 bridgehead atoms. The van der Waals surface area contributed by atoms with E-state index in [0.29, 0.717) is 11.5 Å². The molecule has 1 amide bonds. The van der Waals surface area contributed by atoms with Crippen LogP contribution in [-0.2, 0) is 9.53 Å². The maximum atomic E-state index is 12.2. The number of carbonyl (C=O) groups excluding carboxylic acids is 1. The molecule has 0 radical (unpaired) electrons. The van der Waals surface area contributed by atoms with Crippen LogP contribution in [-0.4, -0.2) is 37.9 Å². The fourth-order valence-electron chi connectivity index (χ4n) is 1.66. The number of nitrogens with zero attached hydrogens (tertiary/aromatic N) is 3. The van der Waals surface area contributed by atoms with Gasteiger partial charge in [0.1, 0.15) is 5.57 Å². The van der Waals surface area contributed by atoms with Gasteiger partial charge in [0.2, 0.25) is 5.90 Å². The van der Waals surface area contributed by atoms with Crippen molar-refractivity contribution in [1.82, 2.24) is 4.90 Å². The number of para-hydroxylation sites is 1. The van der Waals surface area contributed by atoms with E-state index in [4.69, 9.17) is 4.74 Å². The largest absolute Gasteiger partial charge is 0.479 e. The van der Waals surface area contributed by atoms with Crippen molar-refractivity contribution in [3.63, 3.8) is 0 Å². The van der Waals surface area contributed by atoms with Crippen LogP contribution in [0.3, 0.4) is 0 Å². The number of anilines is 1. The summed E-state index contributed by atoms with van der Waals surface area (Å²) in [5.74, 6) is 0.143. The zero-order chi connectivity index (χ0) is 13.1. The first-order chi connectivity index (χ1) is 8.63. The molecule has 0 saturated carbocycles. The van der Waals surface area contributed by atoms with Crippen LogP contribution in [0.4, 0.5) is 5.69 Å². The number of methoxy groups -OCH3 is 1. The molecule has 1 aliphatic heterocycles. The van der Waals surface area contributed by atoms with Gasteiger partial charge in [-0.05, 0) is 12.1 Å². The highest BCUT2D eigenvalue weighted by molar-refractivity contribution is 6.27. The molecule has 18 heavy (non-hydrogen) atoms. The molecule has 0 fully saturated rings. The minimum atomic E-state index is -0.188. The molecule has 2 rings (SSSR count). The van der Waals surface area contributed by atoms with Crippen LogP contribution in [0.2, 0.25) is 0 Å². The van der Waals surface area contributed by atoms with Crippen molar-refractivity contribution in [2.24, 2.45) is 5.10 Å². The smallest absolute Gasteiger partial charge is 0.285 e. The molecule has 1 aliphatic rings. The first-order valence-electron chi connectivity index (χ1n) is 5.54. The number of hydrazone groups is 1. The second-order valence-corrected chi connectivity index (χ2v) is 4.07. The third-order valence-corrected chi connectivity index (χ3v) is 2.43. The van der Waals surface area contributed by atoms with Crippen molar-refractivity contribution in [2.45, 2.75) is 0 Å². The highest BCUT2D eigenvalue weighted by atomic mass is 16.5. The van der Waals surface area contributed by atoms with Crippen molar-refractivity contribution in [3.05, 3.63) is 42.1 Å². The summed E-state index contributed by atoms with van der Waals surface area (Å²) < 4.78 is 5.14. The number of benzene rings is 1. The Bertz CT molecular complexity index is 506. The van der Waals surface area contributed by atoms with Gasteiger partial charge in [-0.25, -0.2) is 0 Å². The van der Waals surface area contributed by atoms with Crippen molar-refractivity contribution >= 4 is 17.5 Å². The predicted octanol–water partition coefficient (Wildman–Crippen LogP) is 1.44. The van der Waals surface area contributed by atoms with E-state index in [1.165, 1.54) is 12.1 Å². The number of hydrogen-bond donors (Lipinski definition) is 0. The summed E-state index contributed by atoms with van der Waals surface area (Å²) in [5.41, 5.74) is 1.17. The van der Waals surface area contributed by atoms with Crippen LogP contribution in [0.25, 0.3) is 0 Å². The molecule has 0 unspecified atom stereocenters. The highest BCUT2D eigenvalue weighted by Gasteiger charge is 2.32. The van der Waals surface area contributed by atoms with Gasteiger partial charge >= 0.3 is 0 Å². The maximum Gasteiger partial charge on any atom is 0.285 e. The number of amides is 1. The SMILES string of the molecule is COC1=NN(c2ccccc2)C(=O)/C1=C/N(C)C. The maximum absolute atomic E-state index is 12.2. The van der Waals surface area contributed by atoms with Crippen molar-refractivity contribution in [2.75, 3.05) is 26.2 Å². The van der Waals surface area contributed by atoms with Crippen LogP contribution in [0.1, 0.15) is 0 Å². The van der Waals surface area contributed by atoms with Crippen molar-refractivity contribution in [3.8, 4) is 0 Å². The lowest BCUT2D eigenvalue weighted by molar-refractivity contribution is -0.114. The van der Waals surface area contributed by atoms with Gasteiger partial charge < -0.3 is 9.64 Å². The van der Waals surface area contributed by atoms with Crippen LogP contribution in [0.15, 0.2) is 47.2 Å². The van der Waals surface area contributed by atoms with Crippen molar-refractivity contribution in [1.29, 1.82) is 0 Å². The molecule has 0 saturated heterocycles. The predicted molar refractivity (Wildman–Crippen MR) is 70.1 cm³/mol. The second-order valence-electron chi connectivity index (χ2n) is 4.07. The molecule has 0 aromatic heterocycles. The Kier molecular flexibility index (Phi) is 3.32. The Labute approximate surface area is 106 Å². The standard InChI is InChI=1S/C13H15N3O2/c1-15(2)9-11-12(18-3)14-16(13(11)17)10-7-5-4-6-8-10/h4-9H,1-3H3/b11-9+. The molecule has 5 heteroatoms. The molecular formula is C13H15N3O2. The zero-order valence-corrected chi connectivity index (χ0v) is 10.6. The number of hydrogen-bond acceptors (Lipinski definition) is 4. The Balaban J connectivity index is 2.38. The van der Waals surface area contributed by atoms with E-state index < -0.39 is 0 Å². The first kappa shape index (κ1) is 12.2. The lowest BCUT2D eigenvalue weighted by Gasteiger charge is -2.11. The molecule has 0 N–H and O–H groups in total. The molecule has 0 atom stereocenters. The average Bonchev–Trinajstić information content (AvgIpc) is 2.67. The number of carbonyl (C=O) groups is 1. The third-order valence-electron chi connectivity index (χ3n) is 2.43. The molecule has 1 aromatic rings. The van der Waals surface area contributed by atoms with E-state index >= 15 is 0 Å². The Hall–Kier alpha value is -2.30. The minimum absolute atomic E-state index is 0.188. The van der Waals surface area contributed by atoms with Gasteiger partial charge in [0, 0.05) is 20.3 Å². The fraction of sp³-hybridized carbons (Fsp3) is 0.231. The topological polar surface area (TPSA) is 45.1 Å². The Morgan fingerprint density at radius 1 is 1.28 bits per heavy atom. The van der Waals surface area contributed by atoms with E-state index in [2.05, 4.69) is 5.10 Å². The van der Waals surface area contributed by atoms with Crippen molar-refractivity contribution < 1.29 is 9.53 Å². The minimum Gasteiger partial charge on any atom is -0.479 e. The summed E-state index contributed by atoms with van der Waals surface area (Å²) in [6.45, 7) is 0. The molecule has 0 spiro atoms. The third kappa shape index (κ3) is 2.20. The fourth-order valence-corrected chi connectivity index (χ4v) is 1.66. The van der Waals surface area contributed by atoms with Gasteiger partial charge in [0.05, 0.1) is 12.8 Å². The Morgan fingerprint density at radius 3 is 2.50 bits per heavy atom. The molecule has 94 valence electrons. The molecular weight excluding hydrogens is 230 g/mol. The molecule has 1 aromatic carbocycles. The number of rotatable bonds is 2. The van der Waals surface area contributed by atoms with E-state index in [1.54, 1.807) is 11.1 Å². The van der Waals surface area contributed by atoms with Gasteiger partial charge in [0.25, 0.3) is 5.91 Å². The van der Waals surface area contributed by atoms with Crippen LogP contribution in [0.5, 0.6) is 0 Å². The van der Waals surface area contributed by atoms with Gasteiger partial charge in [-0.1, -0.05) is 18.2 Å². The van der Waals surface area contributed by atoms with E-state index in [9.17, 15) is 4.79 Å². The molecule has 5 nitrogen and oxygen atoms in total. The summed E-state index contributed by atoms with van der Waals surface area (Å²) in [4.78, 5) is 14.0. The van der Waals surface area contributed by atoms with E-state index in [-0.39, 0.29) is 5.91 Å². The van der Waals surface area contributed by atoms with E-state index in [1.807, 2.05) is 44.4 Å².